The van der Waals surface area contributed by atoms with E-state index in [0.29, 0.717) is 38.1 Å². The third kappa shape index (κ3) is 1.74. The minimum Gasteiger partial charge on any atom is -0.449 e. The highest BCUT2D eigenvalue weighted by Crippen LogP contribution is 2.31. The van der Waals surface area contributed by atoms with E-state index in [1.807, 2.05) is 36.4 Å². The van der Waals surface area contributed by atoms with Gasteiger partial charge in [-0.1, -0.05) is 29.8 Å². The van der Waals surface area contributed by atoms with Gasteiger partial charge in [-0.3, -0.25) is 4.79 Å². The van der Waals surface area contributed by atoms with Crippen molar-refractivity contribution < 1.29 is 8.83 Å². The first-order valence-electron chi connectivity index (χ1n) is 7.18. The Hall–Kier alpha value is -2.78. The van der Waals surface area contributed by atoms with Crippen LogP contribution in [-0.4, -0.2) is 0 Å². The maximum atomic E-state index is 12.6. The smallest absolute Gasteiger partial charge is 0.194 e. The molecule has 0 atom stereocenters. The van der Waals surface area contributed by atoms with Crippen LogP contribution in [0.15, 0.2) is 68.2 Å². The Labute approximate surface area is 134 Å². The fourth-order valence-corrected chi connectivity index (χ4v) is 3.24. The molecule has 0 radical (unpaired) electrons. The quantitative estimate of drug-likeness (QED) is 0.354. The summed E-state index contributed by atoms with van der Waals surface area (Å²) in [4.78, 5) is 12.6. The Morgan fingerprint density at radius 1 is 0.652 bits per heavy atom. The topological polar surface area (TPSA) is 43.4 Å². The molecule has 23 heavy (non-hydrogen) atoms. The molecule has 0 saturated carbocycles. The third-order valence-corrected chi connectivity index (χ3v) is 4.37. The molecule has 5 rings (SSSR count). The molecular formula is C19H9ClO3. The molecule has 0 bridgehead atoms. The molecule has 0 fully saturated rings. The van der Waals surface area contributed by atoms with Crippen LogP contribution in [0, 0.1) is 0 Å². The summed E-state index contributed by atoms with van der Waals surface area (Å²) in [5, 5.41) is 3.51. The van der Waals surface area contributed by atoms with Gasteiger partial charge < -0.3 is 8.83 Å². The number of rotatable bonds is 0. The van der Waals surface area contributed by atoms with Crippen LogP contribution in [-0.2, 0) is 0 Å². The number of hydrogen-bond donors (Lipinski definition) is 0. The van der Waals surface area contributed by atoms with E-state index in [4.69, 9.17) is 20.4 Å². The van der Waals surface area contributed by atoms with E-state index in [9.17, 15) is 4.79 Å². The summed E-state index contributed by atoms with van der Waals surface area (Å²) in [6, 6.07) is 16.4. The normalized spacial score (nSPS) is 11.9. The SMILES string of the molecule is O=c1c2cc(Cl)ccc2c2cc3oc4ccccc4oc3cc12. The van der Waals surface area contributed by atoms with Gasteiger partial charge in [-0.25, -0.2) is 0 Å². The van der Waals surface area contributed by atoms with E-state index in [1.54, 1.807) is 18.2 Å². The molecule has 0 saturated heterocycles. The van der Waals surface area contributed by atoms with Gasteiger partial charge in [-0.15, -0.1) is 0 Å². The van der Waals surface area contributed by atoms with Gasteiger partial charge in [0, 0.05) is 15.8 Å². The van der Waals surface area contributed by atoms with Crippen LogP contribution < -0.4 is 5.43 Å². The highest BCUT2D eigenvalue weighted by atomic mass is 35.5. The van der Waals surface area contributed by atoms with Crippen molar-refractivity contribution in [3.8, 4) is 0 Å². The summed E-state index contributed by atoms with van der Waals surface area (Å²) in [5.41, 5.74) is 2.43. The van der Waals surface area contributed by atoms with E-state index >= 15 is 0 Å². The zero-order valence-corrected chi connectivity index (χ0v) is 12.6. The van der Waals surface area contributed by atoms with Gasteiger partial charge in [-0.05, 0) is 47.2 Å². The molecule has 0 aliphatic rings. The number of fused-ring (bicyclic) bond motifs is 5. The van der Waals surface area contributed by atoms with Gasteiger partial charge in [0.1, 0.15) is 0 Å². The lowest BCUT2D eigenvalue weighted by atomic mass is 10.1. The first-order valence-corrected chi connectivity index (χ1v) is 7.56. The summed E-state index contributed by atoms with van der Waals surface area (Å²) < 4.78 is 11.8. The first-order chi connectivity index (χ1) is 11.2. The minimum atomic E-state index is -0.0391. The van der Waals surface area contributed by atoms with Crippen molar-refractivity contribution in [1.29, 1.82) is 0 Å². The van der Waals surface area contributed by atoms with Crippen molar-refractivity contribution >= 4 is 55.5 Å². The fourth-order valence-electron chi connectivity index (χ4n) is 3.07. The standard InChI is InChI=1S/C19H9ClO3/c20-10-5-6-11-12-8-17-18(9-14(12)19(21)13(11)7-10)23-16-4-2-1-3-15(16)22-17/h1-9H. The molecule has 0 N–H and O–H groups in total. The summed E-state index contributed by atoms with van der Waals surface area (Å²) in [6.07, 6.45) is 0. The number of benzene rings is 3. The van der Waals surface area contributed by atoms with E-state index in [0.717, 1.165) is 10.8 Å². The highest BCUT2D eigenvalue weighted by Gasteiger charge is 2.14. The number of hydrogen-bond acceptors (Lipinski definition) is 3. The average Bonchev–Trinajstić information content (AvgIpc) is 2.83. The van der Waals surface area contributed by atoms with Crippen LogP contribution in [0.2, 0.25) is 5.02 Å². The fraction of sp³-hybridized carbons (Fsp3) is 0. The molecule has 0 aliphatic carbocycles. The van der Waals surface area contributed by atoms with Crippen LogP contribution in [0.5, 0.6) is 0 Å². The monoisotopic (exact) mass is 320 g/mol. The van der Waals surface area contributed by atoms with Gasteiger partial charge >= 0.3 is 0 Å². The molecule has 110 valence electrons. The molecule has 0 amide bonds. The lowest BCUT2D eigenvalue weighted by Gasteiger charge is -2.01. The van der Waals surface area contributed by atoms with Crippen LogP contribution in [0.1, 0.15) is 0 Å². The molecule has 1 heterocycles. The van der Waals surface area contributed by atoms with Crippen LogP contribution in [0.3, 0.4) is 0 Å². The van der Waals surface area contributed by atoms with Gasteiger partial charge in [0.05, 0.1) is 0 Å². The van der Waals surface area contributed by atoms with Crippen molar-refractivity contribution in [3.05, 3.63) is 69.8 Å². The second-order valence-corrected chi connectivity index (χ2v) is 5.95. The molecule has 0 spiro atoms. The van der Waals surface area contributed by atoms with Gasteiger partial charge in [0.25, 0.3) is 0 Å². The predicted octanol–water partition coefficient (Wildman–Crippen LogP) is 5.50. The maximum absolute atomic E-state index is 12.6. The molecule has 0 aliphatic heterocycles. The van der Waals surface area contributed by atoms with Crippen molar-refractivity contribution in [2.45, 2.75) is 0 Å². The molecule has 1 aromatic heterocycles. The van der Waals surface area contributed by atoms with E-state index in [2.05, 4.69) is 0 Å². The number of halogens is 1. The molecule has 4 aromatic carbocycles. The molecule has 5 aromatic rings. The second kappa shape index (κ2) is 4.37. The largest absolute Gasteiger partial charge is 0.449 e. The van der Waals surface area contributed by atoms with Crippen molar-refractivity contribution in [3.63, 3.8) is 0 Å². The molecular weight excluding hydrogens is 312 g/mol. The summed E-state index contributed by atoms with van der Waals surface area (Å²) >= 11 is 6.02. The number of para-hydroxylation sites is 2. The second-order valence-electron chi connectivity index (χ2n) is 5.51. The van der Waals surface area contributed by atoms with Crippen LogP contribution in [0.4, 0.5) is 0 Å². The average molecular weight is 321 g/mol. The highest BCUT2D eigenvalue weighted by molar-refractivity contribution is 6.32. The van der Waals surface area contributed by atoms with Crippen molar-refractivity contribution in [2.75, 3.05) is 0 Å². The molecule has 0 unspecified atom stereocenters. The first kappa shape index (κ1) is 12.7. The Kier molecular flexibility index (Phi) is 2.42. The predicted molar refractivity (Wildman–Crippen MR) is 92.3 cm³/mol. The van der Waals surface area contributed by atoms with E-state index in [-0.39, 0.29) is 5.43 Å². The zero-order valence-electron chi connectivity index (χ0n) is 11.8. The van der Waals surface area contributed by atoms with Gasteiger partial charge in [-0.2, -0.15) is 0 Å². The lowest BCUT2D eigenvalue weighted by Crippen LogP contribution is -1.93. The van der Waals surface area contributed by atoms with Gasteiger partial charge in [0.2, 0.25) is 0 Å². The zero-order chi connectivity index (χ0) is 15.6. The summed E-state index contributed by atoms with van der Waals surface area (Å²) in [5.74, 6) is 0. The molecule has 3 nitrogen and oxygen atoms in total. The van der Waals surface area contributed by atoms with Gasteiger partial charge in [0.15, 0.2) is 27.8 Å². The Morgan fingerprint density at radius 2 is 1.26 bits per heavy atom. The van der Waals surface area contributed by atoms with E-state index < -0.39 is 0 Å². The van der Waals surface area contributed by atoms with Crippen molar-refractivity contribution in [2.24, 2.45) is 0 Å². The van der Waals surface area contributed by atoms with Crippen LogP contribution >= 0.6 is 11.6 Å². The molecule has 4 heteroatoms. The lowest BCUT2D eigenvalue weighted by molar-refractivity contribution is 0.582. The maximum Gasteiger partial charge on any atom is 0.194 e. The Bertz CT molecular complexity index is 1290. The van der Waals surface area contributed by atoms with Crippen molar-refractivity contribution in [1.82, 2.24) is 0 Å². The summed E-state index contributed by atoms with van der Waals surface area (Å²) in [6.45, 7) is 0. The minimum absolute atomic E-state index is 0.0391. The Balaban J connectivity index is 2.01. The van der Waals surface area contributed by atoms with Crippen LogP contribution in [0.25, 0.3) is 43.9 Å². The van der Waals surface area contributed by atoms with E-state index in [1.165, 1.54) is 0 Å². The Morgan fingerprint density at radius 3 is 1.96 bits per heavy atom. The third-order valence-electron chi connectivity index (χ3n) is 4.13. The summed E-state index contributed by atoms with van der Waals surface area (Å²) in [7, 11) is 0.